The monoisotopic (exact) mass is 298 g/mol. The molecule has 0 fully saturated rings. The normalized spacial score (nSPS) is 10.2. The zero-order valence-electron chi connectivity index (χ0n) is 10.9. The summed E-state index contributed by atoms with van der Waals surface area (Å²) < 4.78 is 31.3. The molecular formula is C12H14N2O5S. The zero-order chi connectivity index (χ0) is 15.2. The van der Waals surface area contributed by atoms with Crippen molar-refractivity contribution in [3.8, 4) is 11.8 Å². The quantitative estimate of drug-likeness (QED) is 0.698. The van der Waals surface area contributed by atoms with Crippen LogP contribution >= 0.6 is 0 Å². The minimum absolute atomic E-state index is 0.188. The summed E-state index contributed by atoms with van der Waals surface area (Å²) in [5.41, 5.74) is 1.44. The number of methoxy groups -OCH3 is 1. The molecule has 1 aromatic carbocycles. The van der Waals surface area contributed by atoms with Crippen LogP contribution in [0.3, 0.4) is 0 Å². The van der Waals surface area contributed by atoms with Gasteiger partial charge in [-0.1, -0.05) is 17.9 Å². The third kappa shape index (κ3) is 4.79. The van der Waals surface area contributed by atoms with E-state index in [4.69, 9.17) is 5.11 Å². The molecule has 0 aliphatic rings. The van der Waals surface area contributed by atoms with Crippen LogP contribution in [0.5, 0.6) is 0 Å². The molecule has 108 valence electrons. The molecule has 0 saturated carbocycles. The van der Waals surface area contributed by atoms with E-state index in [1.807, 2.05) is 6.92 Å². The molecule has 0 atom stereocenters. The third-order valence-corrected chi connectivity index (χ3v) is 3.05. The van der Waals surface area contributed by atoms with Gasteiger partial charge < -0.3 is 9.84 Å². The molecule has 1 amide bonds. The molecule has 0 saturated heterocycles. The number of aliphatic hydroxyl groups is 1. The maximum atomic E-state index is 11.7. The third-order valence-electron chi connectivity index (χ3n) is 2.12. The van der Waals surface area contributed by atoms with Crippen molar-refractivity contribution < 1.29 is 23.1 Å². The number of hydrogen-bond acceptors (Lipinski definition) is 5. The minimum atomic E-state index is -4.11. The van der Waals surface area contributed by atoms with E-state index < -0.39 is 16.3 Å². The smallest absolute Gasteiger partial charge is 0.422 e. The van der Waals surface area contributed by atoms with Crippen molar-refractivity contribution in [2.45, 2.75) is 6.92 Å². The van der Waals surface area contributed by atoms with Crippen LogP contribution in [0.1, 0.15) is 11.1 Å². The van der Waals surface area contributed by atoms with E-state index in [0.29, 0.717) is 5.56 Å². The molecule has 0 heterocycles. The summed E-state index contributed by atoms with van der Waals surface area (Å²) in [7, 11) is -3.06. The van der Waals surface area contributed by atoms with Crippen LogP contribution < -0.4 is 9.44 Å². The number of carbonyl (C=O) groups excluding carboxylic acids is 1. The van der Waals surface area contributed by atoms with E-state index in [1.54, 1.807) is 16.9 Å². The Morgan fingerprint density at radius 3 is 2.75 bits per heavy atom. The Kier molecular flexibility index (Phi) is 5.37. The van der Waals surface area contributed by atoms with Crippen molar-refractivity contribution in [3.05, 3.63) is 29.3 Å². The molecule has 0 aliphatic carbocycles. The number of hydrogen-bond donors (Lipinski definition) is 3. The number of nitrogens with one attached hydrogen (secondary N) is 2. The second-order valence-corrected chi connectivity index (χ2v) is 5.12. The highest BCUT2D eigenvalue weighted by Gasteiger charge is 2.15. The van der Waals surface area contributed by atoms with E-state index in [1.165, 1.54) is 6.07 Å². The SMILES string of the molecule is COC(=O)NS(=O)(=O)Nc1ccc(C)cc1C#CCO. The molecular weight excluding hydrogens is 284 g/mol. The Morgan fingerprint density at radius 2 is 2.15 bits per heavy atom. The van der Waals surface area contributed by atoms with Crippen molar-refractivity contribution in [1.82, 2.24) is 4.72 Å². The lowest BCUT2D eigenvalue weighted by atomic mass is 10.1. The fourth-order valence-corrected chi connectivity index (χ4v) is 2.13. The molecule has 1 rings (SSSR count). The highest BCUT2D eigenvalue weighted by atomic mass is 32.2. The lowest BCUT2D eigenvalue weighted by Gasteiger charge is -2.10. The predicted molar refractivity (Wildman–Crippen MR) is 73.2 cm³/mol. The first kappa shape index (κ1) is 15.8. The van der Waals surface area contributed by atoms with E-state index in [9.17, 15) is 13.2 Å². The van der Waals surface area contributed by atoms with Gasteiger partial charge in [0, 0.05) is 5.56 Å². The van der Waals surface area contributed by atoms with Gasteiger partial charge >= 0.3 is 16.3 Å². The van der Waals surface area contributed by atoms with Gasteiger partial charge in [-0.3, -0.25) is 4.72 Å². The molecule has 3 N–H and O–H groups in total. The van der Waals surface area contributed by atoms with Gasteiger partial charge in [0.1, 0.15) is 6.61 Å². The molecule has 0 aliphatic heterocycles. The van der Waals surface area contributed by atoms with Gasteiger partial charge in [0.05, 0.1) is 12.8 Å². The van der Waals surface area contributed by atoms with Crippen molar-refractivity contribution in [2.24, 2.45) is 0 Å². The summed E-state index contributed by atoms with van der Waals surface area (Å²) in [6.45, 7) is 1.47. The Balaban J connectivity index is 3.05. The van der Waals surface area contributed by atoms with Gasteiger partial charge in [0.2, 0.25) is 0 Å². The van der Waals surface area contributed by atoms with Crippen molar-refractivity contribution >= 4 is 22.0 Å². The van der Waals surface area contributed by atoms with Gasteiger partial charge in [-0.05, 0) is 24.6 Å². The van der Waals surface area contributed by atoms with Crippen molar-refractivity contribution in [1.29, 1.82) is 0 Å². The van der Waals surface area contributed by atoms with Gasteiger partial charge in [0.25, 0.3) is 0 Å². The number of anilines is 1. The molecule has 0 bridgehead atoms. The molecule has 0 unspecified atom stereocenters. The zero-order valence-corrected chi connectivity index (χ0v) is 11.7. The topological polar surface area (TPSA) is 105 Å². The lowest BCUT2D eigenvalue weighted by Crippen LogP contribution is -2.35. The summed E-state index contributed by atoms with van der Waals surface area (Å²) in [5, 5.41) is 8.69. The lowest BCUT2D eigenvalue weighted by molar-refractivity contribution is 0.177. The number of aliphatic hydroxyl groups excluding tert-OH is 1. The molecule has 8 heteroatoms. The largest absolute Gasteiger partial charge is 0.452 e. The summed E-state index contributed by atoms with van der Waals surface area (Å²) in [6.07, 6.45) is -1.10. The Labute approximate surface area is 117 Å². The predicted octanol–water partition coefficient (Wildman–Crippen LogP) is 0.352. The molecule has 7 nitrogen and oxygen atoms in total. The van der Waals surface area contributed by atoms with Crippen LogP contribution in [0.4, 0.5) is 10.5 Å². The first-order chi connectivity index (χ1) is 9.38. The van der Waals surface area contributed by atoms with Crippen LogP contribution in [-0.4, -0.2) is 33.3 Å². The first-order valence-corrected chi connectivity index (χ1v) is 6.95. The fourth-order valence-electron chi connectivity index (χ4n) is 1.31. The van der Waals surface area contributed by atoms with Gasteiger partial charge in [-0.2, -0.15) is 8.42 Å². The number of rotatable bonds is 3. The number of benzene rings is 1. The fraction of sp³-hybridized carbons (Fsp3) is 0.250. The Bertz CT molecular complexity index is 658. The standard InChI is InChI=1S/C12H14N2O5S/c1-9-5-6-11(10(8-9)4-3-7-15)13-20(17,18)14-12(16)19-2/h5-6,8,13,15H,7H2,1-2H3,(H,14,16). The number of aryl methyl sites for hydroxylation is 1. The molecule has 0 aromatic heterocycles. The van der Waals surface area contributed by atoms with E-state index in [2.05, 4.69) is 21.3 Å². The van der Waals surface area contributed by atoms with Crippen LogP contribution in [0.25, 0.3) is 0 Å². The summed E-state index contributed by atoms with van der Waals surface area (Å²) >= 11 is 0. The number of ether oxygens (including phenoxy) is 1. The maximum Gasteiger partial charge on any atom is 0.422 e. The summed E-state index contributed by atoms with van der Waals surface area (Å²) in [6, 6.07) is 4.84. The summed E-state index contributed by atoms with van der Waals surface area (Å²) in [5.74, 6) is 5.05. The molecule has 0 radical (unpaired) electrons. The Morgan fingerprint density at radius 1 is 1.45 bits per heavy atom. The van der Waals surface area contributed by atoms with Crippen LogP contribution in [0.2, 0.25) is 0 Å². The van der Waals surface area contributed by atoms with E-state index >= 15 is 0 Å². The first-order valence-electron chi connectivity index (χ1n) is 5.47. The van der Waals surface area contributed by atoms with E-state index in [-0.39, 0.29) is 12.3 Å². The van der Waals surface area contributed by atoms with Crippen LogP contribution in [-0.2, 0) is 14.9 Å². The molecule has 0 spiro atoms. The minimum Gasteiger partial charge on any atom is -0.452 e. The Hall–Kier alpha value is -2.24. The second kappa shape index (κ2) is 6.79. The van der Waals surface area contributed by atoms with E-state index in [0.717, 1.165) is 12.7 Å². The van der Waals surface area contributed by atoms with Gasteiger partial charge in [-0.25, -0.2) is 9.52 Å². The average molecular weight is 298 g/mol. The average Bonchev–Trinajstić information content (AvgIpc) is 2.38. The van der Waals surface area contributed by atoms with Crippen molar-refractivity contribution in [3.63, 3.8) is 0 Å². The highest BCUT2D eigenvalue weighted by molar-refractivity contribution is 7.91. The second-order valence-electron chi connectivity index (χ2n) is 3.71. The van der Waals surface area contributed by atoms with Crippen LogP contribution in [0, 0.1) is 18.8 Å². The van der Waals surface area contributed by atoms with Gasteiger partial charge in [0.15, 0.2) is 0 Å². The van der Waals surface area contributed by atoms with Gasteiger partial charge in [-0.15, -0.1) is 0 Å². The molecule has 20 heavy (non-hydrogen) atoms. The maximum absolute atomic E-state index is 11.7. The van der Waals surface area contributed by atoms with Crippen LogP contribution in [0.15, 0.2) is 18.2 Å². The molecule has 1 aromatic rings. The summed E-state index contributed by atoms with van der Waals surface area (Å²) in [4.78, 5) is 10.9. The number of amides is 1. The number of carbonyl (C=O) groups is 1. The highest BCUT2D eigenvalue weighted by Crippen LogP contribution is 2.17. The van der Waals surface area contributed by atoms with Crippen molar-refractivity contribution in [2.75, 3.05) is 18.4 Å².